The van der Waals surface area contributed by atoms with Gasteiger partial charge in [-0.25, -0.2) is 0 Å². The highest BCUT2D eigenvalue weighted by Crippen LogP contribution is 2.17. The topological polar surface area (TPSA) is 91.7 Å². The van der Waals surface area contributed by atoms with Crippen molar-refractivity contribution in [3.8, 4) is 0 Å². The molecular formula is C21H25N3O4. The van der Waals surface area contributed by atoms with Crippen LogP contribution in [0, 0.1) is 13.8 Å². The van der Waals surface area contributed by atoms with Crippen LogP contribution in [-0.4, -0.2) is 35.7 Å². The molecule has 0 saturated carbocycles. The van der Waals surface area contributed by atoms with Gasteiger partial charge in [0.25, 0.3) is 5.91 Å². The second kappa shape index (κ2) is 8.73. The van der Waals surface area contributed by atoms with E-state index in [4.69, 9.17) is 4.42 Å². The van der Waals surface area contributed by atoms with E-state index in [-0.39, 0.29) is 24.3 Å². The highest BCUT2D eigenvalue weighted by atomic mass is 16.3. The summed E-state index contributed by atoms with van der Waals surface area (Å²) in [5, 5.41) is 5.37. The Morgan fingerprint density at radius 3 is 2.71 bits per heavy atom. The third-order valence-corrected chi connectivity index (χ3v) is 4.70. The molecular weight excluding hydrogens is 358 g/mol. The molecule has 0 spiro atoms. The number of hydrogen-bond acceptors (Lipinski definition) is 4. The molecule has 2 heterocycles. The molecule has 148 valence electrons. The van der Waals surface area contributed by atoms with Crippen molar-refractivity contribution in [3.05, 3.63) is 53.0 Å². The molecule has 2 aromatic rings. The van der Waals surface area contributed by atoms with Gasteiger partial charge in [-0.05, 0) is 50.5 Å². The number of aryl methyl sites for hydroxylation is 2. The quantitative estimate of drug-likeness (QED) is 0.802. The molecule has 1 aromatic carbocycles. The van der Waals surface area contributed by atoms with E-state index in [0.717, 1.165) is 24.9 Å². The number of nitrogens with zero attached hydrogens (tertiary/aromatic N) is 1. The maximum absolute atomic E-state index is 12.2. The molecule has 1 aromatic heterocycles. The van der Waals surface area contributed by atoms with Gasteiger partial charge in [-0.2, -0.15) is 0 Å². The third-order valence-electron chi connectivity index (χ3n) is 4.70. The molecule has 0 atom stereocenters. The molecule has 1 fully saturated rings. The molecule has 1 aliphatic heterocycles. The van der Waals surface area contributed by atoms with E-state index in [1.54, 1.807) is 26.0 Å². The summed E-state index contributed by atoms with van der Waals surface area (Å²) in [7, 11) is 0. The normalized spacial score (nSPS) is 14.1. The maximum Gasteiger partial charge on any atom is 0.255 e. The second-order valence-corrected chi connectivity index (χ2v) is 7.03. The smallest absolute Gasteiger partial charge is 0.255 e. The summed E-state index contributed by atoms with van der Waals surface area (Å²) < 4.78 is 5.33. The highest BCUT2D eigenvalue weighted by molar-refractivity contribution is 5.99. The summed E-state index contributed by atoms with van der Waals surface area (Å²) in [4.78, 5) is 38.1. The number of benzene rings is 1. The summed E-state index contributed by atoms with van der Waals surface area (Å²) in [6.07, 6.45) is 2.58. The van der Waals surface area contributed by atoms with Gasteiger partial charge in [0.1, 0.15) is 11.5 Å². The Morgan fingerprint density at radius 2 is 2.00 bits per heavy atom. The van der Waals surface area contributed by atoms with E-state index in [1.807, 2.05) is 23.1 Å². The number of piperidine rings is 1. The largest absolute Gasteiger partial charge is 0.466 e. The first-order chi connectivity index (χ1) is 13.4. The minimum absolute atomic E-state index is 0.142. The van der Waals surface area contributed by atoms with Crippen LogP contribution in [0.3, 0.4) is 0 Å². The molecule has 0 radical (unpaired) electrons. The minimum Gasteiger partial charge on any atom is -0.466 e. The Kier molecular flexibility index (Phi) is 6.13. The summed E-state index contributed by atoms with van der Waals surface area (Å²) in [5.74, 6) is 0.680. The van der Waals surface area contributed by atoms with Gasteiger partial charge in [-0.3, -0.25) is 14.4 Å². The van der Waals surface area contributed by atoms with Crippen LogP contribution in [-0.2, 0) is 16.1 Å². The van der Waals surface area contributed by atoms with Gasteiger partial charge in [0.05, 0.1) is 12.1 Å². The Bertz CT molecular complexity index is 888. The molecule has 28 heavy (non-hydrogen) atoms. The number of likely N-dealkylation sites (tertiary alicyclic amines) is 1. The van der Waals surface area contributed by atoms with E-state index >= 15 is 0 Å². The fourth-order valence-electron chi connectivity index (χ4n) is 3.31. The predicted molar refractivity (Wildman–Crippen MR) is 105 cm³/mol. The SMILES string of the molecule is Cc1cc(C(=O)NCC(=O)Nc2cccc(CN3CCCCC3=O)c2)c(C)o1. The summed E-state index contributed by atoms with van der Waals surface area (Å²) in [6, 6.07) is 9.06. The first-order valence-electron chi connectivity index (χ1n) is 9.44. The first-order valence-corrected chi connectivity index (χ1v) is 9.44. The Hall–Kier alpha value is -3.09. The lowest BCUT2D eigenvalue weighted by atomic mass is 10.1. The molecule has 3 rings (SSSR count). The monoisotopic (exact) mass is 383 g/mol. The van der Waals surface area contributed by atoms with Crippen LogP contribution in [0.15, 0.2) is 34.7 Å². The Labute approximate surface area is 164 Å². The van der Waals surface area contributed by atoms with Crippen molar-refractivity contribution in [1.29, 1.82) is 0 Å². The number of rotatable bonds is 6. The first kappa shape index (κ1) is 19.7. The van der Waals surface area contributed by atoms with Gasteiger partial charge in [0, 0.05) is 25.2 Å². The number of carbonyl (C=O) groups excluding carboxylic acids is 3. The van der Waals surface area contributed by atoms with Crippen LogP contribution in [0.2, 0.25) is 0 Å². The standard InChI is InChI=1S/C21H25N3O4/c1-14-10-18(15(2)28-14)21(27)22-12-19(25)23-17-7-5-6-16(11-17)13-24-9-4-3-8-20(24)26/h5-7,10-11H,3-4,8-9,12-13H2,1-2H3,(H,22,27)(H,23,25). The number of hydrogen-bond donors (Lipinski definition) is 2. The van der Waals surface area contributed by atoms with Crippen molar-refractivity contribution in [2.24, 2.45) is 0 Å². The van der Waals surface area contributed by atoms with E-state index < -0.39 is 0 Å². The fraction of sp³-hybridized carbons (Fsp3) is 0.381. The number of furan rings is 1. The highest BCUT2D eigenvalue weighted by Gasteiger charge is 2.18. The average Bonchev–Trinajstić information content (AvgIpc) is 3.00. The molecule has 2 N–H and O–H groups in total. The average molecular weight is 383 g/mol. The van der Waals surface area contributed by atoms with Crippen molar-refractivity contribution in [2.45, 2.75) is 39.7 Å². The van der Waals surface area contributed by atoms with Gasteiger partial charge in [0.15, 0.2) is 0 Å². The van der Waals surface area contributed by atoms with E-state index in [9.17, 15) is 14.4 Å². The molecule has 0 unspecified atom stereocenters. The van der Waals surface area contributed by atoms with E-state index in [0.29, 0.717) is 35.7 Å². The van der Waals surface area contributed by atoms with Crippen molar-refractivity contribution in [1.82, 2.24) is 10.2 Å². The van der Waals surface area contributed by atoms with Crippen molar-refractivity contribution in [2.75, 3.05) is 18.4 Å². The lowest BCUT2D eigenvalue weighted by molar-refractivity contribution is -0.133. The number of anilines is 1. The minimum atomic E-state index is -0.345. The molecule has 3 amide bonds. The van der Waals surface area contributed by atoms with Gasteiger partial charge in [0.2, 0.25) is 11.8 Å². The lowest BCUT2D eigenvalue weighted by Crippen LogP contribution is -2.34. The Morgan fingerprint density at radius 1 is 1.18 bits per heavy atom. The number of amides is 3. The fourth-order valence-corrected chi connectivity index (χ4v) is 3.31. The molecule has 7 heteroatoms. The van der Waals surface area contributed by atoms with Crippen LogP contribution in [0.4, 0.5) is 5.69 Å². The van der Waals surface area contributed by atoms with Crippen LogP contribution in [0.1, 0.15) is 46.7 Å². The lowest BCUT2D eigenvalue weighted by Gasteiger charge is -2.26. The van der Waals surface area contributed by atoms with Crippen LogP contribution in [0.5, 0.6) is 0 Å². The maximum atomic E-state index is 12.2. The van der Waals surface area contributed by atoms with Crippen molar-refractivity contribution >= 4 is 23.4 Å². The summed E-state index contributed by atoms with van der Waals surface area (Å²) in [5.41, 5.74) is 2.02. The van der Waals surface area contributed by atoms with Crippen LogP contribution >= 0.6 is 0 Å². The van der Waals surface area contributed by atoms with E-state index in [1.165, 1.54) is 0 Å². The van der Waals surface area contributed by atoms with Gasteiger partial charge in [-0.1, -0.05) is 12.1 Å². The molecule has 1 aliphatic rings. The summed E-state index contributed by atoms with van der Waals surface area (Å²) >= 11 is 0. The summed E-state index contributed by atoms with van der Waals surface area (Å²) in [6.45, 7) is 4.64. The van der Waals surface area contributed by atoms with Crippen LogP contribution in [0.25, 0.3) is 0 Å². The zero-order valence-electron chi connectivity index (χ0n) is 16.2. The van der Waals surface area contributed by atoms with Gasteiger partial charge >= 0.3 is 0 Å². The van der Waals surface area contributed by atoms with Crippen LogP contribution < -0.4 is 10.6 Å². The molecule has 0 aliphatic carbocycles. The Balaban J connectivity index is 1.53. The van der Waals surface area contributed by atoms with Gasteiger partial charge in [-0.15, -0.1) is 0 Å². The molecule has 7 nitrogen and oxygen atoms in total. The zero-order chi connectivity index (χ0) is 20.1. The third kappa shape index (κ3) is 5.00. The van der Waals surface area contributed by atoms with Crippen molar-refractivity contribution in [3.63, 3.8) is 0 Å². The molecule has 1 saturated heterocycles. The zero-order valence-corrected chi connectivity index (χ0v) is 16.2. The van der Waals surface area contributed by atoms with Gasteiger partial charge < -0.3 is 20.0 Å². The number of carbonyl (C=O) groups is 3. The predicted octanol–water partition coefficient (Wildman–Crippen LogP) is 2.78. The van der Waals surface area contributed by atoms with Crippen molar-refractivity contribution < 1.29 is 18.8 Å². The van der Waals surface area contributed by atoms with E-state index in [2.05, 4.69) is 10.6 Å². The number of nitrogens with one attached hydrogen (secondary N) is 2. The molecule has 0 bridgehead atoms. The second-order valence-electron chi connectivity index (χ2n) is 7.03.